The van der Waals surface area contributed by atoms with Crippen LogP contribution in [0.5, 0.6) is 11.5 Å². The molecule has 0 atom stereocenters. The number of ether oxygens (including phenoxy) is 2. The standard InChI is InChI=1S/C22H22N4O4S/c1-11-8-12(2)23-21-18(11)19-20(31-21)22(28)26(13(3)24-19)10-17(27)25-15-9-14(29-4)6-7-16(15)30-5/h6-9H,10H2,1-5H3,(H,25,27). The number of carbonyl (C=O) groups is 1. The van der Waals surface area contributed by atoms with Crippen LogP contribution in [0.4, 0.5) is 5.69 Å². The smallest absolute Gasteiger partial charge is 0.272 e. The number of carbonyl (C=O) groups excluding carboxylic acids is 1. The van der Waals surface area contributed by atoms with Gasteiger partial charge in [-0.05, 0) is 44.5 Å². The molecule has 31 heavy (non-hydrogen) atoms. The summed E-state index contributed by atoms with van der Waals surface area (Å²) in [6.07, 6.45) is 0. The quantitative estimate of drug-likeness (QED) is 0.512. The molecule has 0 saturated carbocycles. The van der Waals surface area contributed by atoms with Gasteiger partial charge in [-0.1, -0.05) is 0 Å². The highest BCUT2D eigenvalue weighted by Gasteiger charge is 2.18. The molecule has 1 amide bonds. The molecular formula is C22H22N4O4S. The number of methoxy groups -OCH3 is 2. The Morgan fingerprint density at radius 2 is 1.90 bits per heavy atom. The van der Waals surface area contributed by atoms with Crippen LogP contribution in [0, 0.1) is 20.8 Å². The first-order chi connectivity index (χ1) is 14.8. The molecule has 4 rings (SSSR count). The van der Waals surface area contributed by atoms with E-state index >= 15 is 0 Å². The summed E-state index contributed by atoms with van der Waals surface area (Å²) in [7, 11) is 3.06. The largest absolute Gasteiger partial charge is 0.497 e. The van der Waals surface area contributed by atoms with E-state index in [1.54, 1.807) is 32.2 Å². The van der Waals surface area contributed by atoms with Gasteiger partial charge in [0.1, 0.15) is 33.4 Å². The van der Waals surface area contributed by atoms with Crippen LogP contribution in [0.3, 0.4) is 0 Å². The lowest BCUT2D eigenvalue weighted by Gasteiger charge is -2.13. The van der Waals surface area contributed by atoms with Crippen molar-refractivity contribution in [3.05, 3.63) is 51.7 Å². The van der Waals surface area contributed by atoms with Crippen LogP contribution in [0.1, 0.15) is 17.1 Å². The predicted molar refractivity (Wildman–Crippen MR) is 122 cm³/mol. The van der Waals surface area contributed by atoms with Crippen molar-refractivity contribution in [2.45, 2.75) is 27.3 Å². The maximum atomic E-state index is 13.2. The third-order valence-corrected chi connectivity index (χ3v) is 6.11. The summed E-state index contributed by atoms with van der Waals surface area (Å²) in [5, 5.41) is 3.68. The van der Waals surface area contributed by atoms with Gasteiger partial charge in [-0.2, -0.15) is 0 Å². The Kier molecular flexibility index (Phi) is 5.36. The molecule has 0 unspecified atom stereocenters. The minimum absolute atomic E-state index is 0.173. The lowest BCUT2D eigenvalue weighted by Crippen LogP contribution is -2.29. The van der Waals surface area contributed by atoms with E-state index in [-0.39, 0.29) is 18.0 Å². The Morgan fingerprint density at radius 3 is 2.61 bits per heavy atom. The van der Waals surface area contributed by atoms with Crippen molar-refractivity contribution in [2.75, 3.05) is 19.5 Å². The second-order valence-electron chi connectivity index (χ2n) is 7.21. The van der Waals surface area contributed by atoms with E-state index in [4.69, 9.17) is 9.47 Å². The van der Waals surface area contributed by atoms with E-state index in [1.807, 2.05) is 19.9 Å². The number of anilines is 1. The number of amides is 1. The summed E-state index contributed by atoms with van der Waals surface area (Å²) in [4.78, 5) is 35.9. The number of hydrogen-bond donors (Lipinski definition) is 1. The normalized spacial score (nSPS) is 11.1. The van der Waals surface area contributed by atoms with E-state index in [0.717, 1.165) is 21.5 Å². The fraction of sp³-hybridized carbons (Fsp3) is 0.273. The zero-order valence-electron chi connectivity index (χ0n) is 17.9. The summed E-state index contributed by atoms with van der Waals surface area (Å²) in [5.74, 6) is 1.17. The molecule has 0 aliphatic rings. The molecule has 1 aromatic carbocycles. The van der Waals surface area contributed by atoms with Gasteiger partial charge >= 0.3 is 0 Å². The number of nitrogens with one attached hydrogen (secondary N) is 1. The summed E-state index contributed by atoms with van der Waals surface area (Å²) >= 11 is 1.31. The van der Waals surface area contributed by atoms with Gasteiger partial charge < -0.3 is 14.8 Å². The molecule has 0 bridgehead atoms. The molecule has 0 radical (unpaired) electrons. The highest BCUT2D eigenvalue weighted by molar-refractivity contribution is 7.25. The minimum Gasteiger partial charge on any atom is -0.497 e. The van der Waals surface area contributed by atoms with Crippen LogP contribution in [-0.2, 0) is 11.3 Å². The fourth-order valence-electron chi connectivity index (χ4n) is 3.60. The Hall–Kier alpha value is -3.46. The van der Waals surface area contributed by atoms with Crippen LogP contribution < -0.4 is 20.3 Å². The van der Waals surface area contributed by atoms with Crippen LogP contribution in [0.15, 0.2) is 29.1 Å². The van der Waals surface area contributed by atoms with Gasteiger partial charge in [0, 0.05) is 17.1 Å². The molecule has 0 aliphatic heterocycles. The highest BCUT2D eigenvalue weighted by Crippen LogP contribution is 2.32. The maximum Gasteiger partial charge on any atom is 0.272 e. The lowest BCUT2D eigenvalue weighted by atomic mass is 10.1. The van der Waals surface area contributed by atoms with Crippen molar-refractivity contribution in [3.8, 4) is 11.5 Å². The van der Waals surface area contributed by atoms with Crippen LogP contribution in [-0.4, -0.2) is 34.7 Å². The number of aryl methyl sites for hydroxylation is 3. The number of fused-ring (bicyclic) bond motifs is 3. The van der Waals surface area contributed by atoms with Crippen molar-refractivity contribution in [2.24, 2.45) is 0 Å². The first-order valence-electron chi connectivity index (χ1n) is 9.62. The molecule has 160 valence electrons. The average molecular weight is 439 g/mol. The van der Waals surface area contributed by atoms with Crippen LogP contribution in [0.2, 0.25) is 0 Å². The number of rotatable bonds is 5. The summed E-state index contributed by atoms with van der Waals surface area (Å²) in [6, 6.07) is 7.08. The molecule has 0 saturated heterocycles. The first kappa shape index (κ1) is 20.8. The maximum absolute atomic E-state index is 13.2. The van der Waals surface area contributed by atoms with Crippen molar-refractivity contribution in [1.82, 2.24) is 14.5 Å². The van der Waals surface area contributed by atoms with Crippen molar-refractivity contribution in [3.63, 3.8) is 0 Å². The van der Waals surface area contributed by atoms with E-state index < -0.39 is 0 Å². The van der Waals surface area contributed by atoms with Crippen molar-refractivity contribution >= 4 is 43.4 Å². The summed E-state index contributed by atoms with van der Waals surface area (Å²) in [5.41, 5.74) is 2.76. The minimum atomic E-state index is -0.371. The van der Waals surface area contributed by atoms with Gasteiger partial charge in [0.05, 0.1) is 25.4 Å². The number of thiophene rings is 1. The highest BCUT2D eigenvalue weighted by atomic mass is 32.1. The number of pyridine rings is 1. The van der Waals surface area contributed by atoms with Crippen molar-refractivity contribution < 1.29 is 14.3 Å². The van der Waals surface area contributed by atoms with Gasteiger partial charge in [-0.15, -0.1) is 11.3 Å². The number of benzene rings is 1. The topological polar surface area (TPSA) is 95.3 Å². The van der Waals surface area contributed by atoms with Gasteiger partial charge in [0.15, 0.2) is 0 Å². The van der Waals surface area contributed by atoms with Gasteiger partial charge in [-0.25, -0.2) is 9.97 Å². The third-order valence-electron chi connectivity index (χ3n) is 5.05. The monoisotopic (exact) mass is 438 g/mol. The predicted octanol–water partition coefficient (Wildman–Crippen LogP) is 3.59. The van der Waals surface area contributed by atoms with Crippen LogP contribution in [0.25, 0.3) is 20.4 Å². The molecular weight excluding hydrogens is 416 g/mol. The Morgan fingerprint density at radius 1 is 1.13 bits per heavy atom. The Bertz CT molecular complexity index is 1390. The second-order valence-corrected chi connectivity index (χ2v) is 8.20. The first-order valence-corrected chi connectivity index (χ1v) is 10.4. The zero-order valence-corrected chi connectivity index (χ0v) is 18.7. The molecule has 8 nitrogen and oxygen atoms in total. The third kappa shape index (κ3) is 3.72. The molecule has 0 fully saturated rings. The van der Waals surface area contributed by atoms with E-state index in [0.29, 0.717) is 33.2 Å². The second kappa shape index (κ2) is 7.99. The fourth-order valence-corrected chi connectivity index (χ4v) is 4.78. The van der Waals surface area contributed by atoms with Crippen LogP contribution >= 0.6 is 11.3 Å². The molecule has 1 N–H and O–H groups in total. The van der Waals surface area contributed by atoms with Gasteiger partial charge in [0.25, 0.3) is 5.56 Å². The summed E-state index contributed by atoms with van der Waals surface area (Å²) in [6.45, 7) is 5.46. The van der Waals surface area contributed by atoms with E-state index in [1.165, 1.54) is 23.0 Å². The van der Waals surface area contributed by atoms with Gasteiger partial charge in [-0.3, -0.25) is 14.2 Å². The molecule has 4 aromatic rings. The van der Waals surface area contributed by atoms with Gasteiger partial charge in [0.2, 0.25) is 5.91 Å². The van der Waals surface area contributed by atoms with E-state index in [9.17, 15) is 9.59 Å². The van der Waals surface area contributed by atoms with E-state index in [2.05, 4.69) is 15.3 Å². The SMILES string of the molecule is COc1ccc(OC)c(NC(=O)Cn2c(C)nc3c(sc4nc(C)cc(C)c43)c2=O)c1. The Labute approximate surface area is 182 Å². The summed E-state index contributed by atoms with van der Waals surface area (Å²) < 4.78 is 12.4. The average Bonchev–Trinajstić information content (AvgIpc) is 3.09. The molecule has 9 heteroatoms. The lowest BCUT2D eigenvalue weighted by molar-refractivity contribution is -0.116. The molecule has 3 aromatic heterocycles. The molecule has 0 spiro atoms. The number of hydrogen-bond acceptors (Lipinski definition) is 7. The Balaban J connectivity index is 1.72. The number of aromatic nitrogens is 3. The molecule has 3 heterocycles. The van der Waals surface area contributed by atoms with Crippen molar-refractivity contribution in [1.29, 1.82) is 0 Å². The number of nitrogens with zero attached hydrogens (tertiary/aromatic N) is 3. The molecule has 0 aliphatic carbocycles. The zero-order chi connectivity index (χ0) is 22.3.